The summed E-state index contributed by atoms with van der Waals surface area (Å²) in [5.74, 6) is 0.778. The predicted octanol–water partition coefficient (Wildman–Crippen LogP) is 3.63. The highest BCUT2D eigenvalue weighted by atomic mass is 16.5. The lowest BCUT2D eigenvalue weighted by Crippen LogP contribution is -2.34. The number of carbonyl (C=O) groups is 2. The monoisotopic (exact) mass is 396 g/mol. The van der Waals surface area contributed by atoms with E-state index in [2.05, 4.69) is 5.32 Å². The van der Waals surface area contributed by atoms with Crippen molar-refractivity contribution >= 4 is 17.5 Å². The van der Waals surface area contributed by atoms with Crippen molar-refractivity contribution in [3.63, 3.8) is 0 Å². The predicted molar refractivity (Wildman–Crippen MR) is 112 cm³/mol. The van der Waals surface area contributed by atoms with Crippen LogP contribution >= 0.6 is 0 Å². The van der Waals surface area contributed by atoms with Crippen molar-refractivity contribution in [1.29, 1.82) is 0 Å². The molecule has 0 aliphatic carbocycles. The van der Waals surface area contributed by atoms with Crippen LogP contribution in [0.4, 0.5) is 5.69 Å². The van der Waals surface area contributed by atoms with E-state index >= 15 is 0 Å². The second-order valence-electron chi connectivity index (χ2n) is 7.28. The molecule has 0 bridgehead atoms. The molecule has 2 atom stereocenters. The van der Waals surface area contributed by atoms with Gasteiger partial charge in [0.05, 0.1) is 31.4 Å². The Morgan fingerprint density at radius 1 is 1.24 bits per heavy atom. The summed E-state index contributed by atoms with van der Waals surface area (Å²) in [6, 6.07) is 13.1. The molecule has 6 heteroatoms. The van der Waals surface area contributed by atoms with E-state index in [0.717, 1.165) is 16.9 Å². The van der Waals surface area contributed by atoms with E-state index in [1.165, 1.54) is 0 Å². The number of ether oxygens (including phenoxy) is 2. The Balaban J connectivity index is 1.72. The van der Waals surface area contributed by atoms with Gasteiger partial charge in [-0.05, 0) is 39.0 Å². The molecule has 1 aliphatic rings. The molecular weight excluding hydrogens is 368 g/mol. The normalized spacial score (nSPS) is 17.2. The number of rotatable bonds is 7. The number of hydrogen-bond donors (Lipinski definition) is 1. The molecule has 2 aromatic carbocycles. The van der Waals surface area contributed by atoms with Crippen LogP contribution in [0.15, 0.2) is 42.5 Å². The Bertz CT molecular complexity index is 896. The fraction of sp³-hybridized carbons (Fsp3) is 0.391. The molecule has 1 heterocycles. The van der Waals surface area contributed by atoms with Gasteiger partial charge in [0, 0.05) is 18.5 Å². The lowest BCUT2D eigenvalue weighted by molar-refractivity contribution is -0.126. The smallest absolute Gasteiger partial charge is 0.227 e. The molecule has 2 aromatic rings. The molecule has 1 fully saturated rings. The van der Waals surface area contributed by atoms with Crippen LogP contribution in [0.25, 0.3) is 0 Å². The number of nitrogens with one attached hydrogen (secondary N) is 1. The molecule has 0 radical (unpaired) electrons. The first-order valence-electron chi connectivity index (χ1n) is 9.91. The summed E-state index contributed by atoms with van der Waals surface area (Å²) in [5, 5.41) is 3.04. The summed E-state index contributed by atoms with van der Waals surface area (Å²) in [5.41, 5.74) is 2.73. The SMILES string of the molecule is CCOc1ccccc1N1CC(C(=O)NC(C)c2cc(C)ccc2OC)CC1=O. The van der Waals surface area contributed by atoms with Crippen LogP contribution in [0.5, 0.6) is 11.5 Å². The number of benzene rings is 2. The zero-order valence-corrected chi connectivity index (χ0v) is 17.4. The van der Waals surface area contributed by atoms with Crippen LogP contribution in [0.1, 0.15) is 37.4 Å². The largest absolute Gasteiger partial charge is 0.496 e. The molecule has 0 aromatic heterocycles. The number of amides is 2. The summed E-state index contributed by atoms with van der Waals surface area (Å²) in [6.45, 7) is 6.68. The maximum absolute atomic E-state index is 12.9. The third-order valence-electron chi connectivity index (χ3n) is 5.16. The number of hydrogen-bond acceptors (Lipinski definition) is 4. The first-order chi connectivity index (χ1) is 13.9. The Labute approximate surface area is 171 Å². The van der Waals surface area contributed by atoms with Gasteiger partial charge in [-0.25, -0.2) is 0 Å². The highest BCUT2D eigenvalue weighted by molar-refractivity contribution is 6.01. The third kappa shape index (κ3) is 4.53. The summed E-state index contributed by atoms with van der Waals surface area (Å²) < 4.78 is 11.1. The molecule has 1 N–H and O–H groups in total. The molecule has 2 amide bonds. The zero-order valence-electron chi connectivity index (χ0n) is 17.4. The topological polar surface area (TPSA) is 67.9 Å². The van der Waals surface area contributed by atoms with Crippen molar-refractivity contribution < 1.29 is 19.1 Å². The van der Waals surface area contributed by atoms with Gasteiger partial charge in [0.1, 0.15) is 11.5 Å². The van der Waals surface area contributed by atoms with Gasteiger partial charge >= 0.3 is 0 Å². The van der Waals surface area contributed by atoms with Gasteiger partial charge in [-0.2, -0.15) is 0 Å². The number of para-hydroxylation sites is 2. The quantitative estimate of drug-likeness (QED) is 0.776. The lowest BCUT2D eigenvalue weighted by Gasteiger charge is -2.21. The minimum atomic E-state index is -0.407. The molecule has 1 aliphatic heterocycles. The van der Waals surface area contributed by atoms with Gasteiger partial charge in [-0.1, -0.05) is 29.8 Å². The average molecular weight is 396 g/mol. The van der Waals surface area contributed by atoms with Crippen LogP contribution in [0, 0.1) is 12.8 Å². The lowest BCUT2D eigenvalue weighted by atomic mass is 10.0. The second-order valence-corrected chi connectivity index (χ2v) is 7.28. The minimum absolute atomic E-state index is 0.0712. The fourth-order valence-corrected chi connectivity index (χ4v) is 3.67. The van der Waals surface area contributed by atoms with Crippen LogP contribution in [-0.4, -0.2) is 32.1 Å². The van der Waals surface area contributed by atoms with Crippen molar-refractivity contribution in [2.75, 3.05) is 25.2 Å². The van der Waals surface area contributed by atoms with E-state index in [4.69, 9.17) is 9.47 Å². The van der Waals surface area contributed by atoms with E-state index in [1.54, 1.807) is 12.0 Å². The van der Waals surface area contributed by atoms with Crippen LogP contribution in [0.3, 0.4) is 0 Å². The van der Waals surface area contributed by atoms with Crippen molar-refractivity contribution in [2.24, 2.45) is 5.92 Å². The Morgan fingerprint density at radius 3 is 2.72 bits per heavy atom. The molecule has 2 unspecified atom stereocenters. The summed E-state index contributed by atoms with van der Waals surface area (Å²) in [6.07, 6.45) is 0.184. The molecule has 1 saturated heterocycles. The third-order valence-corrected chi connectivity index (χ3v) is 5.16. The highest BCUT2D eigenvalue weighted by Crippen LogP contribution is 2.33. The highest BCUT2D eigenvalue weighted by Gasteiger charge is 2.36. The molecule has 6 nitrogen and oxygen atoms in total. The summed E-state index contributed by atoms with van der Waals surface area (Å²) in [4.78, 5) is 27.1. The van der Waals surface area contributed by atoms with E-state index < -0.39 is 5.92 Å². The van der Waals surface area contributed by atoms with Crippen LogP contribution < -0.4 is 19.7 Å². The van der Waals surface area contributed by atoms with Gasteiger partial charge in [0.2, 0.25) is 11.8 Å². The van der Waals surface area contributed by atoms with Gasteiger partial charge in [-0.15, -0.1) is 0 Å². The number of nitrogens with zero attached hydrogens (tertiary/aromatic N) is 1. The average Bonchev–Trinajstić information content (AvgIpc) is 3.10. The maximum atomic E-state index is 12.9. The van der Waals surface area contributed by atoms with Crippen molar-refractivity contribution in [1.82, 2.24) is 5.32 Å². The first kappa shape index (κ1) is 20.7. The second kappa shape index (κ2) is 8.99. The first-order valence-corrected chi connectivity index (χ1v) is 9.91. The van der Waals surface area contributed by atoms with Gasteiger partial charge in [-0.3, -0.25) is 9.59 Å². The van der Waals surface area contributed by atoms with Gasteiger partial charge in [0.25, 0.3) is 0 Å². The molecule has 3 rings (SSSR count). The Hall–Kier alpha value is -3.02. The number of carbonyl (C=O) groups excluding carboxylic acids is 2. The van der Waals surface area contributed by atoms with Gasteiger partial charge < -0.3 is 19.7 Å². The maximum Gasteiger partial charge on any atom is 0.227 e. The zero-order chi connectivity index (χ0) is 21.0. The standard InChI is InChI=1S/C23H28N2O4/c1-5-29-21-9-7-6-8-19(21)25-14-17(13-22(25)26)23(27)24-16(3)18-12-15(2)10-11-20(18)28-4/h6-12,16-17H,5,13-14H2,1-4H3,(H,24,27). The van der Waals surface area contributed by atoms with E-state index in [-0.39, 0.29) is 24.3 Å². The van der Waals surface area contributed by atoms with E-state index in [9.17, 15) is 9.59 Å². The Kier molecular flexibility index (Phi) is 6.42. The van der Waals surface area contributed by atoms with Gasteiger partial charge in [0.15, 0.2) is 0 Å². The molecule has 154 valence electrons. The Morgan fingerprint density at radius 2 is 2.00 bits per heavy atom. The molecule has 0 spiro atoms. The number of aryl methyl sites for hydroxylation is 1. The minimum Gasteiger partial charge on any atom is -0.496 e. The van der Waals surface area contributed by atoms with Crippen molar-refractivity contribution in [3.8, 4) is 11.5 Å². The number of anilines is 1. The van der Waals surface area contributed by atoms with Crippen molar-refractivity contribution in [2.45, 2.75) is 33.2 Å². The summed E-state index contributed by atoms with van der Waals surface area (Å²) >= 11 is 0. The van der Waals surface area contributed by atoms with Crippen molar-refractivity contribution in [3.05, 3.63) is 53.6 Å². The van der Waals surface area contributed by atoms with E-state index in [0.29, 0.717) is 24.6 Å². The molecule has 29 heavy (non-hydrogen) atoms. The molecular formula is C23H28N2O4. The fourth-order valence-electron chi connectivity index (χ4n) is 3.67. The van der Waals surface area contributed by atoms with Crippen LogP contribution in [-0.2, 0) is 9.59 Å². The summed E-state index contributed by atoms with van der Waals surface area (Å²) in [7, 11) is 1.62. The van der Waals surface area contributed by atoms with Crippen LogP contribution in [0.2, 0.25) is 0 Å². The van der Waals surface area contributed by atoms with E-state index in [1.807, 2.05) is 63.2 Å². The number of methoxy groups -OCH3 is 1. The molecule has 0 saturated carbocycles.